The van der Waals surface area contributed by atoms with Crippen LogP contribution in [0.1, 0.15) is 27.0 Å². The van der Waals surface area contributed by atoms with Gasteiger partial charge in [-0.05, 0) is 26.0 Å². The van der Waals surface area contributed by atoms with Crippen molar-refractivity contribution < 1.29 is 37.7 Å². The number of aliphatic hydroxyl groups excluding tert-OH is 1. The van der Waals surface area contributed by atoms with Crippen molar-refractivity contribution >= 4 is 30.8 Å². The van der Waals surface area contributed by atoms with Crippen molar-refractivity contribution in [1.29, 1.82) is 0 Å². The number of para-hydroxylation sites is 1. The summed E-state index contributed by atoms with van der Waals surface area (Å²) in [4.78, 5) is 24.7. The molecule has 4 rings (SSSR count). The van der Waals surface area contributed by atoms with E-state index in [1.165, 1.54) is 20.4 Å². The minimum Gasteiger partial charge on any atom is -0.479 e. The van der Waals surface area contributed by atoms with Gasteiger partial charge in [0, 0.05) is 5.92 Å². The van der Waals surface area contributed by atoms with E-state index in [-0.39, 0.29) is 30.8 Å². The van der Waals surface area contributed by atoms with Crippen molar-refractivity contribution in [3.05, 3.63) is 36.7 Å². The van der Waals surface area contributed by atoms with E-state index in [4.69, 9.17) is 29.0 Å². The van der Waals surface area contributed by atoms with Gasteiger partial charge in [-0.1, -0.05) is 25.1 Å². The summed E-state index contributed by atoms with van der Waals surface area (Å²) in [5.74, 6) is -0.609. The lowest BCUT2D eigenvalue weighted by Gasteiger charge is -2.24. The summed E-state index contributed by atoms with van der Waals surface area (Å²) in [5.41, 5.74) is 6.56. The van der Waals surface area contributed by atoms with Gasteiger partial charge in [0.2, 0.25) is 11.8 Å². The molecule has 1 aliphatic rings. The maximum absolute atomic E-state index is 13.7. The topological polar surface area (TPSA) is 182 Å². The minimum absolute atomic E-state index is 0.0111. The van der Waals surface area contributed by atoms with Crippen LogP contribution in [-0.2, 0) is 23.4 Å². The number of nitrogens with two attached hydrogens (primary N) is 1. The number of carbonyl (C=O) groups excluding carboxylic acids is 1. The monoisotopic (exact) mass is 550 g/mol. The van der Waals surface area contributed by atoms with E-state index in [1.807, 2.05) is 0 Å². The third-order valence-corrected chi connectivity index (χ3v) is 7.57. The fraction of sp³-hybridized carbons (Fsp3) is 0.478. The lowest BCUT2D eigenvalue weighted by atomic mass is 10.0. The third-order valence-electron chi connectivity index (χ3n) is 5.93. The van der Waals surface area contributed by atoms with Crippen LogP contribution in [0.5, 0.6) is 11.6 Å². The standard InChI is InChI=1S/C23H31N6O8P/c1-5-34-22(31)14(3)28-38(32,37-15-9-7-6-8-10-15)35-11-16-18(30)13(2)21(36-16)29-12-25-17-19(29)26-23(24)27-20(17)33-4/h6-10,12-14,16,18,21,30H,5,11H2,1-4H3,(H,28,32)(H2,24,26,27)/t13?,14-,16?,18-,21?,38?/m0/s1. The van der Waals surface area contributed by atoms with Crippen LogP contribution in [0.2, 0.25) is 0 Å². The fourth-order valence-electron chi connectivity index (χ4n) is 4.02. The number of rotatable bonds is 11. The molecule has 15 heteroatoms. The summed E-state index contributed by atoms with van der Waals surface area (Å²) in [6.07, 6.45) is -1.12. The molecule has 0 bridgehead atoms. The van der Waals surface area contributed by atoms with Crippen molar-refractivity contribution in [3.8, 4) is 11.6 Å². The SMILES string of the molecule is CCOC(=O)[C@H](C)NP(=O)(OCC1OC(n2cnc3c(OC)nc(N)nc32)C(C)[C@@H]1O)Oc1ccccc1. The Kier molecular flexibility index (Phi) is 8.48. The van der Waals surface area contributed by atoms with Gasteiger partial charge in [0.05, 0.1) is 32.8 Å². The molecule has 4 unspecified atom stereocenters. The first-order valence-corrected chi connectivity index (χ1v) is 13.5. The van der Waals surface area contributed by atoms with Crippen molar-refractivity contribution in [2.24, 2.45) is 5.92 Å². The summed E-state index contributed by atoms with van der Waals surface area (Å²) in [6, 6.07) is 7.36. The Hall–Kier alpha value is -3.29. The molecule has 1 aliphatic heterocycles. The highest BCUT2D eigenvalue weighted by Gasteiger charge is 2.44. The molecule has 0 saturated carbocycles. The number of anilines is 1. The van der Waals surface area contributed by atoms with Crippen LogP contribution < -0.4 is 20.1 Å². The highest BCUT2D eigenvalue weighted by Crippen LogP contribution is 2.46. The predicted molar refractivity (Wildman–Crippen MR) is 135 cm³/mol. The molecule has 1 fully saturated rings. The van der Waals surface area contributed by atoms with Crippen LogP contribution in [0.3, 0.4) is 0 Å². The van der Waals surface area contributed by atoms with Crippen molar-refractivity contribution in [2.75, 3.05) is 26.1 Å². The molecule has 4 N–H and O–H groups in total. The number of esters is 1. The summed E-state index contributed by atoms with van der Waals surface area (Å²) >= 11 is 0. The van der Waals surface area contributed by atoms with E-state index in [9.17, 15) is 14.5 Å². The minimum atomic E-state index is -4.12. The Bertz CT molecular complexity index is 1310. The molecule has 0 amide bonds. The molecule has 3 aromatic rings. The van der Waals surface area contributed by atoms with E-state index in [0.717, 1.165) is 0 Å². The second-order valence-electron chi connectivity index (χ2n) is 8.63. The maximum Gasteiger partial charge on any atom is 0.459 e. The quantitative estimate of drug-likeness (QED) is 0.233. The normalized spacial score (nSPS) is 23.6. The summed E-state index contributed by atoms with van der Waals surface area (Å²) in [6.45, 7) is 4.76. The second-order valence-corrected chi connectivity index (χ2v) is 10.3. The molecule has 0 aliphatic carbocycles. The molecule has 2 aromatic heterocycles. The Labute approximate surface area is 219 Å². The maximum atomic E-state index is 13.7. The number of hydrogen-bond acceptors (Lipinski definition) is 12. The third kappa shape index (κ3) is 5.89. The van der Waals surface area contributed by atoms with Gasteiger partial charge in [-0.3, -0.25) is 13.9 Å². The van der Waals surface area contributed by atoms with Gasteiger partial charge in [-0.2, -0.15) is 15.1 Å². The van der Waals surface area contributed by atoms with E-state index in [1.54, 1.807) is 48.7 Å². The molecule has 38 heavy (non-hydrogen) atoms. The van der Waals surface area contributed by atoms with Crippen LogP contribution in [0.15, 0.2) is 36.7 Å². The molecule has 0 radical (unpaired) electrons. The van der Waals surface area contributed by atoms with Crippen LogP contribution >= 0.6 is 7.75 Å². The predicted octanol–water partition coefficient (Wildman–Crippen LogP) is 2.06. The first kappa shape index (κ1) is 27.7. The average molecular weight is 551 g/mol. The number of hydrogen-bond donors (Lipinski definition) is 3. The lowest BCUT2D eigenvalue weighted by Crippen LogP contribution is -2.36. The zero-order chi connectivity index (χ0) is 27.4. The van der Waals surface area contributed by atoms with E-state index in [2.05, 4.69) is 20.0 Å². The van der Waals surface area contributed by atoms with Gasteiger partial charge in [0.15, 0.2) is 11.2 Å². The molecule has 3 heterocycles. The largest absolute Gasteiger partial charge is 0.479 e. The number of aliphatic hydroxyl groups is 1. The molecular formula is C23H31N6O8P. The highest BCUT2D eigenvalue weighted by molar-refractivity contribution is 7.52. The number of nitrogens with one attached hydrogen (secondary N) is 1. The molecule has 6 atom stereocenters. The number of carbonyl (C=O) groups is 1. The zero-order valence-electron chi connectivity index (χ0n) is 21.4. The van der Waals surface area contributed by atoms with E-state index in [0.29, 0.717) is 11.2 Å². The number of aromatic nitrogens is 4. The summed E-state index contributed by atoms with van der Waals surface area (Å²) < 4.78 is 42.9. The lowest BCUT2D eigenvalue weighted by molar-refractivity contribution is -0.144. The number of ether oxygens (including phenoxy) is 3. The zero-order valence-corrected chi connectivity index (χ0v) is 22.3. The Morgan fingerprint density at radius 1 is 1.32 bits per heavy atom. The van der Waals surface area contributed by atoms with Crippen LogP contribution in [0.4, 0.5) is 5.95 Å². The number of methoxy groups -OCH3 is 1. The van der Waals surface area contributed by atoms with Crippen molar-refractivity contribution in [3.63, 3.8) is 0 Å². The van der Waals surface area contributed by atoms with Gasteiger partial charge in [-0.15, -0.1) is 0 Å². The summed E-state index contributed by atoms with van der Waals surface area (Å²) in [7, 11) is -2.68. The van der Waals surface area contributed by atoms with Crippen LogP contribution in [0, 0.1) is 5.92 Å². The molecular weight excluding hydrogens is 519 g/mol. The van der Waals surface area contributed by atoms with Gasteiger partial charge in [-0.25, -0.2) is 9.55 Å². The second kappa shape index (κ2) is 11.6. The van der Waals surface area contributed by atoms with Gasteiger partial charge in [0.25, 0.3) is 0 Å². The van der Waals surface area contributed by atoms with E-state index >= 15 is 0 Å². The molecule has 1 saturated heterocycles. The smallest absolute Gasteiger partial charge is 0.459 e. The Balaban J connectivity index is 1.53. The van der Waals surface area contributed by atoms with Gasteiger partial charge < -0.3 is 29.6 Å². The number of nitrogen functional groups attached to an aromatic ring is 1. The average Bonchev–Trinajstić information content (AvgIpc) is 3.43. The molecule has 1 aromatic carbocycles. The van der Waals surface area contributed by atoms with Gasteiger partial charge >= 0.3 is 13.7 Å². The fourth-order valence-corrected chi connectivity index (χ4v) is 5.52. The number of nitrogens with zero attached hydrogens (tertiary/aromatic N) is 4. The van der Waals surface area contributed by atoms with Gasteiger partial charge in [0.1, 0.15) is 24.1 Å². The van der Waals surface area contributed by atoms with Crippen LogP contribution in [0.25, 0.3) is 11.2 Å². The molecule has 14 nitrogen and oxygen atoms in total. The highest BCUT2D eigenvalue weighted by atomic mass is 31.2. The van der Waals surface area contributed by atoms with Crippen molar-refractivity contribution in [2.45, 2.75) is 45.2 Å². The Morgan fingerprint density at radius 2 is 2.05 bits per heavy atom. The Morgan fingerprint density at radius 3 is 2.74 bits per heavy atom. The molecule has 206 valence electrons. The first-order valence-electron chi connectivity index (χ1n) is 12.0. The van der Waals surface area contributed by atoms with E-state index < -0.39 is 44.1 Å². The van der Waals surface area contributed by atoms with Crippen LogP contribution in [-0.4, -0.2) is 69.2 Å². The number of imidazole rings is 1. The first-order chi connectivity index (χ1) is 18.2. The van der Waals surface area contributed by atoms with Crippen molar-refractivity contribution in [1.82, 2.24) is 24.6 Å². The number of fused-ring (bicyclic) bond motifs is 1. The summed E-state index contributed by atoms with van der Waals surface area (Å²) in [5, 5.41) is 13.5. The molecule has 0 spiro atoms. The number of benzene rings is 1.